The third-order valence-corrected chi connectivity index (χ3v) is 3.02. The van der Waals surface area contributed by atoms with Gasteiger partial charge in [-0.2, -0.15) is 0 Å². The number of hydrogen-bond acceptors (Lipinski definition) is 3. The number of amides is 1. The molecule has 0 aromatic carbocycles. The number of aliphatic hydroxyl groups excluding tert-OH is 1. The molecule has 1 aliphatic heterocycles. The lowest BCUT2D eigenvalue weighted by atomic mass is 9.99. The first-order valence-electron chi connectivity index (χ1n) is 5.70. The van der Waals surface area contributed by atoms with Crippen LogP contribution in [0.5, 0.6) is 0 Å². The predicted octanol–water partition coefficient (Wildman–Crippen LogP) is 0.169. The smallest absolute Gasteiger partial charge is 0.236 e. The number of hydrogen-bond donors (Lipinski definition) is 1. The highest BCUT2D eigenvalue weighted by Crippen LogP contribution is 2.15. The van der Waals surface area contributed by atoms with Gasteiger partial charge in [-0.05, 0) is 25.8 Å². The van der Waals surface area contributed by atoms with E-state index in [4.69, 9.17) is 5.11 Å². The van der Waals surface area contributed by atoms with E-state index in [1.807, 2.05) is 16.8 Å². The number of likely N-dealkylation sites (tertiary alicyclic amines) is 1. The van der Waals surface area contributed by atoms with E-state index in [1.54, 1.807) is 0 Å². The molecule has 0 atom stereocenters. The van der Waals surface area contributed by atoms with Gasteiger partial charge in [-0.3, -0.25) is 9.69 Å². The zero-order valence-electron chi connectivity index (χ0n) is 9.78. The molecule has 88 valence electrons. The fourth-order valence-corrected chi connectivity index (χ4v) is 1.84. The number of rotatable bonds is 4. The molecule has 0 aromatic heterocycles. The van der Waals surface area contributed by atoms with Gasteiger partial charge in [0.25, 0.3) is 0 Å². The van der Waals surface area contributed by atoms with E-state index in [0.717, 1.165) is 31.8 Å². The molecule has 0 saturated carbocycles. The van der Waals surface area contributed by atoms with E-state index in [0.29, 0.717) is 13.1 Å². The van der Waals surface area contributed by atoms with Gasteiger partial charge in [0.05, 0.1) is 13.2 Å². The Bertz CT molecular complexity index is 201. The van der Waals surface area contributed by atoms with Gasteiger partial charge in [0.2, 0.25) is 5.91 Å². The first kappa shape index (κ1) is 12.5. The zero-order valence-corrected chi connectivity index (χ0v) is 9.78. The molecule has 0 aromatic rings. The first-order chi connectivity index (χ1) is 7.13. The number of carbonyl (C=O) groups excluding carboxylic acids is 1. The second-order valence-corrected chi connectivity index (χ2v) is 4.52. The lowest BCUT2D eigenvalue weighted by molar-refractivity contribution is -0.133. The molecule has 0 spiro atoms. The summed E-state index contributed by atoms with van der Waals surface area (Å²) in [6, 6.07) is 0. The lowest BCUT2D eigenvalue weighted by Gasteiger charge is -2.31. The van der Waals surface area contributed by atoms with Crippen LogP contribution in [0.15, 0.2) is 0 Å². The van der Waals surface area contributed by atoms with Crippen molar-refractivity contribution >= 4 is 5.91 Å². The Hall–Kier alpha value is -0.610. The van der Waals surface area contributed by atoms with Crippen molar-refractivity contribution in [3.63, 3.8) is 0 Å². The van der Waals surface area contributed by atoms with Gasteiger partial charge in [0.15, 0.2) is 0 Å². The fraction of sp³-hybridized carbons (Fsp3) is 0.909. The highest BCUT2D eigenvalue weighted by Gasteiger charge is 2.20. The van der Waals surface area contributed by atoms with Crippen LogP contribution in [0.2, 0.25) is 0 Å². The second-order valence-electron chi connectivity index (χ2n) is 4.52. The van der Waals surface area contributed by atoms with E-state index < -0.39 is 0 Å². The Morgan fingerprint density at radius 2 is 2.07 bits per heavy atom. The van der Waals surface area contributed by atoms with Crippen LogP contribution in [0.3, 0.4) is 0 Å². The monoisotopic (exact) mass is 214 g/mol. The summed E-state index contributed by atoms with van der Waals surface area (Å²) < 4.78 is 0. The summed E-state index contributed by atoms with van der Waals surface area (Å²) in [5.41, 5.74) is 0. The van der Waals surface area contributed by atoms with Crippen LogP contribution in [0.25, 0.3) is 0 Å². The third kappa shape index (κ3) is 4.18. The van der Waals surface area contributed by atoms with Crippen molar-refractivity contribution < 1.29 is 9.90 Å². The van der Waals surface area contributed by atoms with Gasteiger partial charge in [-0.15, -0.1) is 0 Å². The van der Waals surface area contributed by atoms with Crippen molar-refractivity contribution in [2.24, 2.45) is 5.92 Å². The molecule has 1 aliphatic rings. The normalized spacial score (nSPS) is 18.5. The Kier molecular flexibility index (Phi) is 5.05. The number of likely N-dealkylation sites (N-methyl/N-ethyl adjacent to an activating group) is 1. The average molecular weight is 214 g/mol. The largest absolute Gasteiger partial charge is 0.395 e. The van der Waals surface area contributed by atoms with Gasteiger partial charge < -0.3 is 10.0 Å². The fourth-order valence-electron chi connectivity index (χ4n) is 1.84. The molecule has 1 amide bonds. The highest BCUT2D eigenvalue weighted by atomic mass is 16.3. The van der Waals surface area contributed by atoms with E-state index >= 15 is 0 Å². The molecule has 4 heteroatoms. The molecule has 0 radical (unpaired) electrons. The molecule has 1 fully saturated rings. The maximum absolute atomic E-state index is 11.8. The summed E-state index contributed by atoms with van der Waals surface area (Å²) in [4.78, 5) is 15.6. The van der Waals surface area contributed by atoms with Crippen LogP contribution in [-0.2, 0) is 4.79 Å². The van der Waals surface area contributed by atoms with Gasteiger partial charge >= 0.3 is 0 Å². The maximum atomic E-state index is 11.8. The van der Waals surface area contributed by atoms with E-state index in [9.17, 15) is 4.79 Å². The van der Waals surface area contributed by atoms with E-state index in [-0.39, 0.29) is 12.5 Å². The van der Waals surface area contributed by atoms with Crippen LogP contribution in [-0.4, -0.2) is 60.6 Å². The Labute approximate surface area is 91.9 Å². The molecule has 1 rings (SSSR count). The molecule has 0 bridgehead atoms. The van der Waals surface area contributed by atoms with Gasteiger partial charge in [0, 0.05) is 19.6 Å². The molecule has 1 heterocycles. The first-order valence-corrected chi connectivity index (χ1v) is 5.70. The molecule has 0 unspecified atom stereocenters. The number of aliphatic hydroxyl groups is 1. The summed E-state index contributed by atoms with van der Waals surface area (Å²) in [5.74, 6) is 0.946. The maximum Gasteiger partial charge on any atom is 0.236 e. The van der Waals surface area contributed by atoms with Crippen LogP contribution >= 0.6 is 0 Å². The molecule has 4 nitrogen and oxygen atoms in total. The Morgan fingerprint density at radius 1 is 1.47 bits per heavy atom. The zero-order chi connectivity index (χ0) is 11.3. The van der Waals surface area contributed by atoms with Crippen molar-refractivity contribution in [2.45, 2.75) is 19.8 Å². The summed E-state index contributed by atoms with van der Waals surface area (Å²) in [6.45, 7) is 5.13. The van der Waals surface area contributed by atoms with Crippen LogP contribution in [0.4, 0.5) is 0 Å². The standard InChI is InChI=1S/C11H22N2O2/c1-10-3-5-13(6-4-10)11(15)9-12(2)7-8-14/h10,14H,3-9H2,1-2H3. The predicted molar refractivity (Wildman–Crippen MR) is 59.6 cm³/mol. The molecule has 0 aliphatic carbocycles. The molecular weight excluding hydrogens is 192 g/mol. The Balaban J connectivity index is 2.27. The number of carbonyl (C=O) groups is 1. The van der Waals surface area contributed by atoms with Crippen LogP contribution < -0.4 is 0 Å². The number of piperidine rings is 1. The van der Waals surface area contributed by atoms with E-state index in [1.165, 1.54) is 0 Å². The van der Waals surface area contributed by atoms with Gasteiger partial charge in [-0.1, -0.05) is 6.92 Å². The van der Waals surface area contributed by atoms with Gasteiger partial charge in [-0.25, -0.2) is 0 Å². The van der Waals surface area contributed by atoms with Crippen molar-refractivity contribution in [3.8, 4) is 0 Å². The lowest BCUT2D eigenvalue weighted by Crippen LogP contribution is -2.43. The average Bonchev–Trinajstić information content (AvgIpc) is 2.18. The second kappa shape index (κ2) is 6.08. The molecule has 1 N–H and O–H groups in total. The summed E-state index contributed by atoms with van der Waals surface area (Å²) in [5, 5.41) is 8.73. The summed E-state index contributed by atoms with van der Waals surface area (Å²) in [6.07, 6.45) is 2.24. The Morgan fingerprint density at radius 3 is 2.60 bits per heavy atom. The van der Waals surface area contributed by atoms with Crippen molar-refractivity contribution in [1.82, 2.24) is 9.80 Å². The summed E-state index contributed by atoms with van der Waals surface area (Å²) in [7, 11) is 1.86. The molecular formula is C11H22N2O2. The van der Waals surface area contributed by atoms with Crippen molar-refractivity contribution in [1.29, 1.82) is 0 Å². The van der Waals surface area contributed by atoms with Crippen molar-refractivity contribution in [2.75, 3.05) is 39.8 Å². The van der Waals surface area contributed by atoms with Crippen LogP contribution in [0, 0.1) is 5.92 Å². The van der Waals surface area contributed by atoms with Crippen molar-refractivity contribution in [3.05, 3.63) is 0 Å². The minimum absolute atomic E-state index is 0.112. The van der Waals surface area contributed by atoms with E-state index in [2.05, 4.69) is 6.92 Å². The minimum atomic E-state index is 0.112. The van der Waals surface area contributed by atoms with Crippen LogP contribution in [0.1, 0.15) is 19.8 Å². The summed E-state index contributed by atoms with van der Waals surface area (Å²) >= 11 is 0. The molecule has 15 heavy (non-hydrogen) atoms. The highest BCUT2D eigenvalue weighted by molar-refractivity contribution is 5.78. The number of nitrogens with zero attached hydrogens (tertiary/aromatic N) is 2. The topological polar surface area (TPSA) is 43.8 Å². The third-order valence-electron chi connectivity index (χ3n) is 3.02. The minimum Gasteiger partial charge on any atom is -0.395 e. The van der Waals surface area contributed by atoms with Gasteiger partial charge in [0.1, 0.15) is 0 Å². The quantitative estimate of drug-likeness (QED) is 0.725. The molecule has 1 saturated heterocycles. The SMILES string of the molecule is CC1CCN(C(=O)CN(C)CCO)CC1.